The van der Waals surface area contributed by atoms with E-state index in [4.69, 9.17) is 10.5 Å². The Morgan fingerprint density at radius 1 is 1.53 bits per heavy atom. The zero-order valence-electron chi connectivity index (χ0n) is 9.81. The minimum Gasteiger partial charge on any atom is -0.496 e. The smallest absolute Gasteiger partial charge is 0.269 e. The molecule has 0 amide bonds. The highest BCUT2D eigenvalue weighted by Crippen LogP contribution is 2.47. The van der Waals surface area contributed by atoms with Crippen LogP contribution in [-0.2, 0) is 5.41 Å². The monoisotopic (exact) mass is 236 g/mol. The molecule has 1 aromatic carbocycles. The fourth-order valence-corrected chi connectivity index (χ4v) is 2.41. The van der Waals surface area contributed by atoms with Gasteiger partial charge in [-0.1, -0.05) is 6.42 Å². The number of ether oxygens (including phenoxy) is 1. The second-order valence-corrected chi connectivity index (χ2v) is 4.48. The predicted molar refractivity (Wildman–Crippen MR) is 64.2 cm³/mol. The van der Waals surface area contributed by atoms with Crippen LogP contribution in [0.3, 0.4) is 0 Å². The molecule has 0 aliphatic heterocycles. The summed E-state index contributed by atoms with van der Waals surface area (Å²) in [6.07, 6.45) is 3.06. The van der Waals surface area contributed by atoms with Crippen molar-refractivity contribution in [3.05, 3.63) is 33.9 Å². The molecule has 17 heavy (non-hydrogen) atoms. The van der Waals surface area contributed by atoms with Gasteiger partial charge < -0.3 is 10.5 Å². The minimum absolute atomic E-state index is 0.0977. The molecule has 2 rings (SSSR count). The standard InChI is InChI=1S/C12H16N2O3/c1-17-11-4-3-9(14(15)16)7-10(11)12(8-13)5-2-6-12/h3-4,7H,2,5-6,8,13H2,1H3. The summed E-state index contributed by atoms with van der Waals surface area (Å²) in [6, 6.07) is 4.72. The van der Waals surface area contributed by atoms with Crippen LogP contribution in [0.25, 0.3) is 0 Å². The largest absolute Gasteiger partial charge is 0.496 e. The van der Waals surface area contributed by atoms with Crippen molar-refractivity contribution in [3.8, 4) is 5.75 Å². The SMILES string of the molecule is COc1ccc([N+](=O)[O-])cc1C1(CN)CCC1. The molecule has 5 nitrogen and oxygen atoms in total. The Kier molecular flexibility index (Phi) is 3.02. The van der Waals surface area contributed by atoms with Crippen LogP contribution < -0.4 is 10.5 Å². The highest BCUT2D eigenvalue weighted by atomic mass is 16.6. The van der Waals surface area contributed by atoms with Gasteiger partial charge in [-0.05, 0) is 18.9 Å². The highest BCUT2D eigenvalue weighted by Gasteiger charge is 2.40. The molecule has 5 heteroatoms. The van der Waals surface area contributed by atoms with Gasteiger partial charge in [-0.25, -0.2) is 0 Å². The maximum absolute atomic E-state index is 10.8. The Morgan fingerprint density at radius 3 is 2.65 bits per heavy atom. The van der Waals surface area contributed by atoms with E-state index in [2.05, 4.69) is 0 Å². The summed E-state index contributed by atoms with van der Waals surface area (Å²) in [5, 5.41) is 10.8. The molecule has 2 N–H and O–H groups in total. The number of non-ortho nitro benzene ring substituents is 1. The van der Waals surface area contributed by atoms with Crippen molar-refractivity contribution < 1.29 is 9.66 Å². The number of nitrogens with two attached hydrogens (primary N) is 1. The highest BCUT2D eigenvalue weighted by molar-refractivity contribution is 5.49. The van der Waals surface area contributed by atoms with Crippen LogP contribution in [0.5, 0.6) is 5.75 Å². The normalized spacial score (nSPS) is 17.3. The van der Waals surface area contributed by atoms with Gasteiger partial charge in [0.15, 0.2) is 0 Å². The minimum atomic E-state index is -0.383. The molecular formula is C12H16N2O3. The molecule has 1 aromatic rings. The van der Waals surface area contributed by atoms with Gasteiger partial charge in [0.05, 0.1) is 12.0 Å². The Morgan fingerprint density at radius 2 is 2.24 bits per heavy atom. The average molecular weight is 236 g/mol. The van der Waals surface area contributed by atoms with Crippen LogP contribution in [0.1, 0.15) is 24.8 Å². The van der Waals surface area contributed by atoms with Crippen molar-refractivity contribution in [1.82, 2.24) is 0 Å². The van der Waals surface area contributed by atoms with Crippen molar-refractivity contribution in [2.45, 2.75) is 24.7 Å². The summed E-state index contributed by atoms with van der Waals surface area (Å²) in [5.74, 6) is 0.695. The lowest BCUT2D eigenvalue weighted by Gasteiger charge is -2.41. The third-order valence-corrected chi connectivity index (χ3v) is 3.67. The first-order chi connectivity index (χ1) is 8.13. The summed E-state index contributed by atoms with van der Waals surface area (Å²) < 4.78 is 5.29. The van der Waals surface area contributed by atoms with Gasteiger partial charge in [-0.3, -0.25) is 10.1 Å². The summed E-state index contributed by atoms with van der Waals surface area (Å²) in [5.41, 5.74) is 6.67. The molecule has 1 aliphatic rings. The quantitative estimate of drug-likeness (QED) is 0.640. The van der Waals surface area contributed by atoms with E-state index < -0.39 is 0 Å². The Hall–Kier alpha value is -1.62. The van der Waals surface area contributed by atoms with Gasteiger partial charge in [0.2, 0.25) is 0 Å². The van der Waals surface area contributed by atoms with E-state index in [-0.39, 0.29) is 16.0 Å². The summed E-state index contributed by atoms with van der Waals surface area (Å²) >= 11 is 0. The van der Waals surface area contributed by atoms with Crippen molar-refractivity contribution in [3.63, 3.8) is 0 Å². The zero-order chi connectivity index (χ0) is 12.5. The van der Waals surface area contributed by atoms with Crippen LogP contribution in [-0.4, -0.2) is 18.6 Å². The lowest BCUT2D eigenvalue weighted by molar-refractivity contribution is -0.385. The van der Waals surface area contributed by atoms with Gasteiger partial charge in [-0.2, -0.15) is 0 Å². The van der Waals surface area contributed by atoms with Gasteiger partial charge in [-0.15, -0.1) is 0 Å². The van der Waals surface area contributed by atoms with E-state index in [0.29, 0.717) is 12.3 Å². The van der Waals surface area contributed by atoms with Gasteiger partial charge in [0.1, 0.15) is 5.75 Å². The summed E-state index contributed by atoms with van der Waals surface area (Å²) in [4.78, 5) is 10.4. The molecule has 0 atom stereocenters. The van der Waals surface area contributed by atoms with Crippen molar-refractivity contribution in [1.29, 1.82) is 0 Å². The fourth-order valence-electron chi connectivity index (χ4n) is 2.41. The molecule has 0 aromatic heterocycles. The van der Waals surface area contributed by atoms with E-state index in [1.807, 2.05) is 0 Å². The molecule has 1 aliphatic carbocycles. The van der Waals surface area contributed by atoms with Crippen LogP contribution in [0, 0.1) is 10.1 Å². The lowest BCUT2D eigenvalue weighted by atomic mass is 9.64. The Labute approximate surface area is 99.7 Å². The van der Waals surface area contributed by atoms with Crippen LogP contribution in [0.4, 0.5) is 5.69 Å². The molecule has 0 bridgehead atoms. The first-order valence-electron chi connectivity index (χ1n) is 5.66. The number of rotatable bonds is 4. The Balaban J connectivity index is 2.49. The topological polar surface area (TPSA) is 78.4 Å². The summed E-state index contributed by atoms with van der Waals surface area (Å²) in [7, 11) is 1.58. The Bertz CT molecular complexity index is 436. The van der Waals surface area contributed by atoms with Gasteiger partial charge >= 0.3 is 0 Å². The van der Waals surface area contributed by atoms with E-state index >= 15 is 0 Å². The third kappa shape index (κ3) is 1.86. The van der Waals surface area contributed by atoms with E-state index in [1.54, 1.807) is 19.2 Å². The van der Waals surface area contributed by atoms with Crippen LogP contribution in [0.15, 0.2) is 18.2 Å². The number of nitrogens with zero attached hydrogens (tertiary/aromatic N) is 1. The third-order valence-electron chi connectivity index (χ3n) is 3.67. The number of hydrogen-bond donors (Lipinski definition) is 1. The molecule has 0 spiro atoms. The number of hydrogen-bond acceptors (Lipinski definition) is 4. The molecule has 0 unspecified atom stereocenters. The summed E-state index contributed by atoms with van der Waals surface area (Å²) in [6.45, 7) is 0.504. The van der Waals surface area contributed by atoms with Crippen LogP contribution in [0.2, 0.25) is 0 Å². The second-order valence-electron chi connectivity index (χ2n) is 4.48. The number of nitro groups is 1. The van der Waals surface area contributed by atoms with Gasteiger partial charge in [0, 0.05) is 29.7 Å². The molecule has 0 radical (unpaired) electrons. The first kappa shape index (κ1) is 11.9. The molecule has 1 saturated carbocycles. The maximum Gasteiger partial charge on any atom is 0.269 e. The number of nitro benzene ring substituents is 1. The zero-order valence-corrected chi connectivity index (χ0v) is 9.81. The molecule has 1 fully saturated rings. The van der Waals surface area contributed by atoms with Gasteiger partial charge in [0.25, 0.3) is 5.69 Å². The molecule has 0 saturated heterocycles. The van der Waals surface area contributed by atoms with E-state index in [9.17, 15) is 10.1 Å². The number of methoxy groups -OCH3 is 1. The van der Waals surface area contributed by atoms with E-state index in [0.717, 1.165) is 24.8 Å². The van der Waals surface area contributed by atoms with Crippen molar-refractivity contribution in [2.24, 2.45) is 5.73 Å². The second kappa shape index (κ2) is 4.33. The average Bonchev–Trinajstić information content (AvgIpc) is 2.28. The fraction of sp³-hybridized carbons (Fsp3) is 0.500. The first-order valence-corrected chi connectivity index (χ1v) is 5.66. The molecular weight excluding hydrogens is 220 g/mol. The van der Waals surface area contributed by atoms with Crippen molar-refractivity contribution >= 4 is 5.69 Å². The van der Waals surface area contributed by atoms with Crippen LogP contribution >= 0.6 is 0 Å². The van der Waals surface area contributed by atoms with E-state index in [1.165, 1.54) is 6.07 Å². The predicted octanol–water partition coefficient (Wildman–Crippen LogP) is 1.98. The molecule has 92 valence electrons. The molecule has 0 heterocycles. The lowest BCUT2D eigenvalue weighted by Crippen LogP contribution is -2.41. The number of benzene rings is 1. The van der Waals surface area contributed by atoms with Crippen molar-refractivity contribution in [2.75, 3.05) is 13.7 Å². The maximum atomic E-state index is 10.8.